The number of hydrogen-bond donors (Lipinski definition) is 1. The topological polar surface area (TPSA) is 78.6 Å². The van der Waals surface area contributed by atoms with Gasteiger partial charge in [0.25, 0.3) is 0 Å². The zero-order valence-corrected chi connectivity index (χ0v) is 27.4. The van der Waals surface area contributed by atoms with Crippen molar-refractivity contribution in [2.75, 3.05) is 0 Å². The quantitative estimate of drug-likeness (QED) is 0.0887. The molecule has 5 heteroatoms. The highest BCUT2D eigenvalue weighted by Gasteiger charge is 2.19. The fraction of sp³-hybridized carbons (Fsp3) is 0.366. The molecular weight excluding hydrogens is 570 g/mol. The van der Waals surface area contributed by atoms with Gasteiger partial charge >= 0.3 is 11.9 Å². The summed E-state index contributed by atoms with van der Waals surface area (Å²) in [6, 6.07) is 35.7. The number of ether oxygens (including phenoxy) is 2. The van der Waals surface area contributed by atoms with Crippen molar-refractivity contribution in [3.8, 4) is 11.5 Å². The number of carbonyl (C=O) groups excluding carboxylic acids is 2. The van der Waals surface area contributed by atoms with Crippen LogP contribution >= 0.6 is 0 Å². The van der Waals surface area contributed by atoms with E-state index in [0.717, 1.165) is 51.4 Å². The molecule has 0 radical (unpaired) electrons. The third-order valence-electron chi connectivity index (χ3n) is 8.82. The van der Waals surface area contributed by atoms with Crippen molar-refractivity contribution in [1.82, 2.24) is 0 Å². The molecule has 0 bridgehead atoms. The zero-order valence-electron chi connectivity index (χ0n) is 27.4. The number of carbonyl (C=O) groups is 2. The second-order valence-electron chi connectivity index (χ2n) is 12.1. The number of rotatable bonds is 18. The third kappa shape index (κ3) is 11.3. The summed E-state index contributed by atoms with van der Waals surface area (Å²) in [7, 11) is 0. The van der Waals surface area contributed by atoms with Gasteiger partial charge in [0.1, 0.15) is 17.5 Å². The molecule has 0 aliphatic rings. The second kappa shape index (κ2) is 18.7. The van der Waals surface area contributed by atoms with E-state index in [1.807, 2.05) is 60.7 Å². The standard InChI is InChI=1S/C41H49NO4/c1-3-33(19-11-17-31-13-7-5-8-14-31)35-21-25-37(26-22-35)45-40(43)30-29-39(42)41(44)46-38-27-23-36(24-28-38)34(4-2)20-12-18-32-15-9-6-10-16-32/h5-10,13-16,21-28,33-34,39H,3-4,11-12,17-20,29-30,42H2,1-2H3/t33?,34?,39-/m0/s1. The monoisotopic (exact) mass is 619 g/mol. The number of hydrogen-bond acceptors (Lipinski definition) is 5. The van der Waals surface area contributed by atoms with Gasteiger partial charge in [-0.15, -0.1) is 0 Å². The Balaban J connectivity index is 1.16. The summed E-state index contributed by atoms with van der Waals surface area (Å²) in [5.41, 5.74) is 11.3. The molecule has 0 amide bonds. The van der Waals surface area contributed by atoms with Gasteiger partial charge in [-0.25, -0.2) is 4.79 Å². The number of aryl methyl sites for hydroxylation is 2. The number of benzene rings is 4. The van der Waals surface area contributed by atoms with E-state index in [1.54, 1.807) is 0 Å². The van der Waals surface area contributed by atoms with E-state index in [-0.39, 0.29) is 12.8 Å². The van der Waals surface area contributed by atoms with Gasteiger partial charge in [0.15, 0.2) is 0 Å². The molecule has 2 N–H and O–H groups in total. The fourth-order valence-corrected chi connectivity index (χ4v) is 5.99. The van der Waals surface area contributed by atoms with Crippen molar-refractivity contribution in [3.63, 3.8) is 0 Å². The van der Waals surface area contributed by atoms with E-state index in [9.17, 15) is 9.59 Å². The molecule has 3 atom stereocenters. The maximum Gasteiger partial charge on any atom is 0.328 e. The van der Waals surface area contributed by atoms with Crippen LogP contribution in [-0.2, 0) is 22.4 Å². The van der Waals surface area contributed by atoms with E-state index in [0.29, 0.717) is 23.3 Å². The van der Waals surface area contributed by atoms with Gasteiger partial charge in [-0.3, -0.25) is 4.79 Å². The third-order valence-corrected chi connectivity index (χ3v) is 8.82. The van der Waals surface area contributed by atoms with Gasteiger partial charge in [0.2, 0.25) is 0 Å². The van der Waals surface area contributed by atoms with Crippen LogP contribution in [0.2, 0.25) is 0 Å². The summed E-state index contributed by atoms with van der Waals surface area (Å²) in [5, 5.41) is 0. The van der Waals surface area contributed by atoms with Crippen molar-refractivity contribution in [3.05, 3.63) is 131 Å². The van der Waals surface area contributed by atoms with Crippen LogP contribution in [0, 0.1) is 0 Å². The molecule has 4 rings (SSSR count). The van der Waals surface area contributed by atoms with E-state index >= 15 is 0 Å². The van der Waals surface area contributed by atoms with Crippen LogP contribution in [0.5, 0.6) is 11.5 Å². The van der Waals surface area contributed by atoms with Gasteiger partial charge in [-0.05, 0) is 116 Å². The van der Waals surface area contributed by atoms with Gasteiger partial charge in [-0.1, -0.05) is 98.8 Å². The summed E-state index contributed by atoms with van der Waals surface area (Å²) >= 11 is 0. The minimum Gasteiger partial charge on any atom is -0.427 e. The van der Waals surface area contributed by atoms with Crippen LogP contribution < -0.4 is 15.2 Å². The Morgan fingerprint density at radius 2 is 1.02 bits per heavy atom. The Bertz CT molecular complexity index is 1450. The molecule has 46 heavy (non-hydrogen) atoms. The first kappa shape index (κ1) is 34.6. The smallest absolute Gasteiger partial charge is 0.328 e. The molecule has 242 valence electrons. The predicted octanol–water partition coefficient (Wildman–Crippen LogP) is 9.34. The maximum absolute atomic E-state index is 12.6. The molecule has 0 heterocycles. The highest BCUT2D eigenvalue weighted by Crippen LogP contribution is 2.29. The lowest BCUT2D eigenvalue weighted by atomic mass is 9.90. The molecule has 0 saturated heterocycles. The first-order valence-corrected chi connectivity index (χ1v) is 16.9. The second-order valence-corrected chi connectivity index (χ2v) is 12.1. The van der Waals surface area contributed by atoms with E-state index in [1.165, 1.54) is 22.3 Å². The first-order chi connectivity index (χ1) is 22.4. The molecule has 2 unspecified atom stereocenters. The number of nitrogens with two attached hydrogens (primary N) is 1. The van der Waals surface area contributed by atoms with E-state index < -0.39 is 18.0 Å². The lowest BCUT2D eigenvalue weighted by molar-refractivity contribution is -0.137. The molecular formula is C41H49NO4. The van der Waals surface area contributed by atoms with Crippen LogP contribution in [0.1, 0.15) is 99.3 Å². The molecule has 0 aliphatic heterocycles. The van der Waals surface area contributed by atoms with Crippen LogP contribution in [-0.4, -0.2) is 18.0 Å². The SMILES string of the molecule is CCC(CCCc1ccccc1)c1ccc(OC(=O)CC[C@H](N)C(=O)Oc2ccc(C(CC)CCCc3ccccc3)cc2)cc1. The van der Waals surface area contributed by atoms with Crippen LogP contribution in [0.3, 0.4) is 0 Å². The Morgan fingerprint density at radius 3 is 1.46 bits per heavy atom. The van der Waals surface area contributed by atoms with Crippen LogP contribution in [0.15, 0.2) is 109 Å². The molecule has 4 aromatic rings. The Hall–Kier alpha value is -4.22. The van der Waals surface area contributed by atoms with Gasteiger partial charge in [-0.2, -0.15) is 0 Å². The maximum atomic E-state index is 12.6. The lowest BCUT2D eigenvalue weighted by Gasteiger charge is -2.16. The molecule has 0 aliphatic carbocycles. The van der Waals surface area contributed by atoms with Gasteiger partial charge < -0.3 is 15.2 Å². The average Bonchev–Trinajstić information content (AvgIpc) is 3.09. The minimum absolute atomic E-state index is 0.0230. The van der Waals surface area contributed by atoms with Crippen molar-refractivity contribution < 1.29 is 19.1 Å². The van der Waals surface area contributed by atoms with E-state index in [4.69, 9.17) is 15.2 Å². The van der Waals surface area contributed by atoms with Crippen molar-refractivity contribution in [1.29, 1.82) is 0 Å². The molecule has 0 saturated carbocycles. The highest BCUT2D eigenvalue weighted by atomic mass is 16.5. The largest absolute Gasteiger partial charge is 0.427 e. The Morgan fingerprint density at radius 1 is 0.587 bits per heavy atom. The average molecular weight is 620 g/mol. The van der Waals surface area contributed by atoms with Crippen LogP contribution in [0.25, 0.3) is 0 Å². The molecule has 0 aromatic heterocycles. The Labute approximate surface area is 275 Å². The lowest BCUT2D eigenvalue weighted by Crippen LogP contribution is -2.35. The summed E-state index contributed by atoms with van der Waals surface area (Å²) in [6.07, 6.45) is 8.88. The van der Waals surface area contributed by atoms with Gasteiger partial charge in [0, 0.05) is 6.42 Å². The fourth-order valence-electron chi connectivity index (χ4n) is 5.99. The minimum atomic E-state index is -0.919. The highest BCUT2D eigenvalue weighted by molar-refractivity contribution is 5.79. The normalized spacial score (nSPS) is 13.0. The van der Waals surface area contributed by atoms with E-state index in [2.05, 4.69) is 62.4 Å². The number of esters is 2. The zero-order chi connectivity index (χ0) is 32.6. The Kier molecular flexibility index (Phi) is 14.1. The first-order valence-electron chi connectivity index (χ1n) is 16.9. The summed E-state index contributed by atoms with van der Waals surface area (Å²) in [5.74, 6) is 0.888. The van der Waals surface area contributed by atoms with Gasteiger partial charge in [0.05, 0.1) is 0 Å². The van der Waals surface area contributed by atoms with Crippen molar-refractivity contribution >= 4 is 11.9 Å². The molecule has 5 nitrogen and oxygen atoms in total. The predicted molar refractivity (Wildman–Crippen MR) is 186 cm³/mol. The molecule has 0 spiro atoms. The van der Waals surface area contributed by atoms with Crippen LogP contribution in [0.4, 0.5) is 0 Å². The molecule has 0 fully saturated rings. The van der Waals surface area contributed by atoms with Crippen molar-refractivity contribution in [2.24, 2.45) is 5.73 Å². The summed E-state index contributed by atoms with van der Waals surface area (Å²) in [6.45, 7) is 4.42. The summed E-state index contributed by atoms with van der Waals surface area (Å²) in [4.78, 5) is 25.1. The summed E-state index contributed by atoms with van der Waals surface area (Å²) < 4.78 is 11.0. The van der Waals surface area contributed by atoms with Crippen molar-refractivity contribution in [2.45, 2.75) is 95.9 Å². The molecule has 4 aromatic carbocycles.